The summed E-state index contributed by atoms with van der Waals surface area (Å²) >= 11 is 0. The second-order valence-electron chi connectivity index (χ2n) is 7.03. The molecular weight excluding hydrogens is 310 g/mol. The largest absolute Gasteiger partial charge is 0.378 e. The van der Waals surface area contributed by atoms with Gasteiger partial charge in [0.05, 0.1) is 0 Å². The predicted molar refractivity (Wildman–Crippen MR) is 108 cm³/mol. The topological polar surface area (TPSA) is 42.9 Å². The van der Waals surface area contributed by atoms with E-state index in [0.717, 1.165) is 25.5 Å². The first kappa shape index (κ1) is 19.6. The summed E-state index contributed by atoms with van der Waals surface area (Å²) in [5.74, 6) is 0.881. The number of benzene rings is 1. The second-order valence-corrected chi connectivity index (χ2v) is 7.03. The molecular formula is C20H35N5. The van der Waals surface area contributed by atoms with Gasteiger partial charge in [0.15, 0.2) is 5.96 Å². The summed E-state index contributed by atoms with van der Waals surface area (Å²) in [6.45, 7) is 5.49. The van der Waals surface area contributed by atoms with E-state index in [1.807, 2.05) is 7.05 Å². The molecule has 1 aliphatic heterocycles. The Morgan fingerprint density at radius 1 is 1.12 bits per heavy atom. The van der Waals surface area contributed by atoms with Gasteiger partial charge in [0.2, 0.25) is 0 Å². The lowest BCUT2D eigenvalue weighted by atomic mass is 10.2. The fourth-order valence-electron chi connectivity index (χ4n) is 3.22. The number of anilines is 1. The van der Waals surface area contributed by atoms with Crippen LogP contribution in [0, 0.1) is 0 Å². The van der Waals surface area contributed by atoms with E-state index in [1.165, 1.54) is 56.6 Å². The van der Waals surface area contributed by atoms with Crippen molar-refractivity contribution in [3.63, 3.8) is 0 Å². The fraction of sp³-hybridized carbons (Fsp3) is 0.650. The molecule has 2 N–H and O–H groups in total. The Morgan fingerprint density at radius 3 is 2.56 bits per heavy atom. The van der Waals surface area contributed by atoms with Gasteiger partial charge in [-0.1, -0.05) is 25.0 Å². The lowest BCUT2D eigenvalue weighted by Gasteiger charge is -2.20. The molecule has 0 aromatic heterocycles. The molecule has 5 heteroatoms. The van der Waals surface area contributed by atoms with Gasteiger partial charge in [0.25, 0.3) is 0 Å². The average molecular weight is 346 g/mol. The van der Waals surface area contributed by atoms with Gasteiger partial charge in [0.1, 0.15) is 0 Å². The van der Waals surface area contributed by atoms with E-state index in [1.54, 1.807) is 0 Å². The molecule has 0 spiro atoms. The molecule has 25 heavy (non-hydrogen) atoms. The molecule has 2 rings (SSSR count). The van der Waals surface area contributed by atoms with Crippen LogP contribution in [0.5, 0.6) is 0 Å². The Kier molecular flexibility index (Phi) is 8.60. The zero-order valence-electron chi connectivity index (χ0n) is 16.2. The van der Waals surface area contributed by atoms with E-state index >= 15 is 0 Å². The highest BCUT2D eigenvalue weighted by Crippen LogP contribution is 2.13. The quantitative estimate of drug-likeness (QED) is 0.453. The zero-order chi connectivity index (χ0) is 17.9. The van der Waals surface area contributed by atoms with Crippen LogP contribution in [0.1, 0.15) is 37.7 Å². The Hall–Kier alpha value is -1.75. The van der Waals surface area contributed by atoms with Crippen molar-refractivity contribution in [2.24, 2.45) is 4.99 Å². The highest BCUT2D eigenvalue weighted by molar-refractivity contribution is 5.79. The van der Waals surface area contributed by atoms with Crippen LogP contribution in [0.15, 0.2) is 29.3 Å². The summed E-state index contributed by atoms with van der Waals surface area (Å²) in [6.07, 6.45) is 6.70. The van der Waals surface area contributed by atoms with Crippen molar-refractivity contribution >= 4 is 11.6 Å². The minimum atomic E-state index is 0.785. The standard InChI is InChI=1S/C20H35N5/c1-21-20(22-12-9-15-25-13-6-4-5-7-14-25)23-17-18-10-8-11-19(16-18)24(2)3/h8,10-11,16H,4-7,9,12-15,17H2,1-3H3,(H2,21,22,23). The molecule has 140 valence electrons. The Labute approximate surface area is 153 Å². The summed E-state index contributed by atoms with van der Waals surface area (Å²) in [7, 11) is 5.97. The summed E-state index contributed by atoms with van der Waals surface area (Å²) in [6, 6.07) is 8.58. The van der Waals surface area contributed by atoms with Crippen LogP contribution in [0.4, 0.5) is 5.69 Å². The lowest BCUT2D eigenvalue weighted by Crippen LogP contribution is -2.38. The smallest absolute Gasteiger partial charge is 0.191 e. The molecule has 0 saturated carbocycles. The van der Waals surface area contributed by atoms with Crippen LogP contribution in [0.3, 0.4) is 0 Å². The summed E-state index contributed by atoms with van der Waals surface area (Å²) < 4.78 is 0. The molecule has 1 heterocycles. The molecule has 1 aromatic rings. The third kappa shape index (κ3) is 7.34. The SMILES string of the molecule is CN=C(NCCCN1CCCCCC1)NCc1cccc(N(C)C)c1. The third-order valence-electron chi connectivity index (χ3n) is 4.75. The normalized spacial score (nSPS) is 16.4. The van der Waals surface area contributed by atoms with E-state index in [9.17, 15) is 0 Å². The van der Waals surface area contributed by atoms with E-state index in [0.29, 0.717) is 0 Å². The van der Waals surface area contributed by atoms with Gasteiger partial charge < -0.3 is 20.4 Å². The highest BCUT2D eigenvalue weighted by Gasteiger charge is 2.08. The molecule has 1 aromatic carbocycles. The molecule has 0 bridgehead atoms. The minimum Gasteiger partial charge on any atom is -0.378 e. The molecule has 0 radical (unpaired) electrons. The minimum absolute atomic E-state index is 0.785. The maximum absolute atomic E-state index is 4.33. The molecule has 1 saturated heterocycles. The van der Waals surface area contributed by atoms with E-state index in [-0.39, 0.29) is 0 Å². The summed E-state index contributed by atoms with van der Waals surface area (Å²) in [4.78, 5) is 9.06. The number of rotatable bonds is 7. The van der Waals surface area contributed by atoms with Gasteiger partial charge in [-0.25, -0.2) is 0 Å². The van der Waals surface area contributed by atoms with Gasteiger partial charge in [-0.3, -0.25) is 4.99 Å². The molecule has 1 aliphatic rings. The average Bonchev–Trinajstić information content (AvgIpc) is 2.90. The van der Waals surface area contributed by atoms with Gasteiger partial charge in [-0.05, 0) is 56.6 Å². The number of guanidine groups is 1. The number of hydrogen-bond acceptors (Lipinski definition) is 3. The molecule has 5 nitrogen and oxygen atoms in total. The highest BCUT2D eigenvalue weighted by atomic mass is 15.2. The van der Waals surface area contributed by atoms with E-state index in [4.69, 9.17) is 0 Å². The monoisotopic (exact) mass is 345 g/mol. The number of aliphatic imine (C=N–C) groups is 1. The van der Waals surface area contributed by atoms with Crippen molar-refractivity contribution in [3.05, 3.63) is 29.8 Å². The van der Waals surface area contributed by atoms with Gasteiger partial charge in [0, 0.05) is 39.9 Å². The number of nitrogens with one attached hydrogen (secondary N) is 2. The van der Waals surface area contributed by atoms with Crippen molar-refractivity contribution in [2.75, 3.05) is 52.2 Å². The van der Waals surface area contributed by atoms with E-state index in [2.05, 4.69) is 63.8 Å². The second kappa shape index (κ2) is 11.0. The number of hydrogen-bond donors (Lipinski definition) is 2. The van der Waals surface area contributed by atoms with Crippen LogP contribution in [-0.2, 0) is 6.54 Å². The first-order chi connectivity index (χ1) is 12.2. The number of nitrogens with zero attached hydrogens (tertiary/aromatic N) is 3. The maximum atomic E-state index is 4.33. The summed E-state index contributed by atoms with van der Waals surface area (Å²) in [5, 5.41) is 6.84. The lowest BCUT2D eigenvalue weighted by molar-refractivity contribution is 0.282. The Balaban J connectivity index is 1.67. The van der Waals surface area contributed by atoms with Crippen molar-refractivity contribution in [2.45, 2.75) is 38.6 Å². The predicted octanol–water partition coefficient (Wildman–Crippen LogP) is 2.68. The van der Waals surface area contributed by atoms with Crippen LogP contribution in [-0.4, -0.2) is 58.2 Å². The Morgan fingerprint density at radius 2 is 1.88 bits per heavy atom. The van der Waals surface area contributed by atoms with E-state index < -0.39 is 0 Å². The molecule has 1 fully saturated rings. The molecule has 0 atom stereocenters. The maximum Gasteiger partial charge on any atom is 0.191 e. The van der Waals surface area contributed by atoms with Gasteiger partial charge >= 0.3 is 0 Å². The fourth-order valence-corrected chi connectivity index (χ4v) is 3.22. The first-order valence-corrected chi connectivity index (χ1v) is 9.62. The molecule has 0 unspecified atom stereocenters. The number of likely N-dealkylation sites (tertiary alicyclic amines) is 1. The van der Waals surface area contributed by atoms with Crippen LogP contribution in [0.2, 0.25) is 0 Å². The third-order valence-corrected chi connectivity index (χ3v) is 4.75. The van der Waals surface area contributed by atoms with Crippen molar-refractivity contribution in [1.82, 2.24) is 15.5 Å². The molecule has 0 aliphatic carbocycles. The van der Waals surface area contributed by atoms with Crippen molar-refractivity contribution < 1.29 is 0 Å². The van der Waals surface area contributed by atoms with Crippen molar-refractivity contribution in [3.8, 4) is 0 Å². The van der Waals surface area contributed by atoms with Crippen LogP contribution >= 0.6 is 0 Å². The van der Waals surface area contributed by atoms with Gasteiger partial charge in [-0.15, -0.1) is 0 Å². The van der Waals surface area contributed by atoms with Crippen LogP contribution < -0.4 is 15.5 Å². The van der Waals surface area contributed by atoms with Crippen molar-refractivity contribution in [1.29, 1.82) is 0 Å². The summed E-state index contributed by atoms with van der Waals surface area (Å²) in [5.41, 5.74) is 2.48. The molecule has 0 amide bonds. The first-order valence-electron chi connectivity index (χ1n) is 9.62. The Bertz CT molecular complexity index is 519. The van der Waals surface area contributed by atoms with Crippen LogP contribution in [0.25, 0.3) is 0 Å². The zero-order valence-corrected chi connectivity index (χ0v) is 16.2. The van der Waals surface area contributed by atoms with Gasteiger partial charge in [-0.2, -0.15) is 0 Å².